The van der Waals surface area contributed by atoms with Gasteiger partial charge in [0.2, 0.25) is 0 Å². The Hall–Kier alpha value is 0.170. The largest absolute Gasteiger partial charge is 0.134 e. The van der Waals surface area contributed by atoms with E-state index < -0.39 is 0 Å². The van der Waals surface area contributed by atoms with Crippen molar-refractivity contribution in [1.29, 1.82) is 0 Å². The summed E-state index contributed by atoms with van der Waals surface area (Å²) < 4.78 is 0. The molecule has 1 fully saturated rings. The lowest BCUT2D eigenvalue weighted by Gasteiger charge is -1.67. The first kappa shape index (κ1) is 4.33. The highest BCUT2D eigenvalue weighted by Crippen LogP contribution is 2.27. The summed E-state index contributed by atoms with van der Waals surface area (Å²) >= 11 is 0. The Bertz CT molecular complexity index is 68.0. The van der Waals surface area contributed by atoms with Gasteiger partial charge in [-0.3, -0.25) is 0 Å². The van der Waals surface area contributed by atoms with Crippen molar-refractivity contribution in [2.24, 2.45) is 0 Å². The Labute approximate surface area is 40.8 Å². The van der Waals surface area contributed by atoms with Gasteiger partial charge in [0.1, 0.15) is 0 Å². The summed E-state index contributed by atoms with van der Waals surface area (Å²) in [7, 11) is 2.69. The van der Waals surface area contributed by atoms with Crippen molar-refractivity contribution in [1.82, 2.24) is 0 Å². The van der Waals surface area contributed by atoms with Crippen LogP contribution in [0.15, 0.2) is 11.6 Å². The van der Waals surface area contributed by atoms with E-state index in [1.807, 2.05) is 0 Å². The first-order valence-corrected chi connectivity index (χ1v) is 3.13. The van der Waals surface area contributed by atoms with E-state index in [9.17, 15) is 0 Å². The van der Waals surface area contributed by atoms with Gasteiger partial charge in [-0.2, -0.15) is 0 Å². The maximum absolute atomic E-state index is 2.69. The first-order chi connectivity index (χ1) is 2.93. The molecule has 0 amide bonds. The summed E-state index contributed by atoms with van der Waals surface area (Å²) in [5.74, 6) is 0. The van der Waals surface area contributed by atoms with Gasteiger partial charge in [-0.25, -0.2) is 0 Å². The minimum atomic E-state index is 1.15. The van der Waals surface area contributed by atoms with Crippen LogP contribution in [0.4, 0.5) is 0 Å². The highest BCUT2D eigenvalue weighted by molar-refractivity contribution is 7.16. The summed E-state index contributed by atoms with van der Waals surface area (Å²) in [4.78, 5) is 0. The molecule has 1 unspecified atom stereocenters. The molecule has 0 aromatic rings. The molecule has 1 saturated carbocycles. The van der Waals surface area contributed by atoms with Crippen LogP contribution in [-0.2, 0) is 0 Å². The third-order valence-electron chi connectivity index (χ3n) is 0.945. The second-order valence-electron chi connectivity index (χ2n) is 1.60. The molecule has 0 spiro atoms. The normalized spacial score (nSPS) is 17.8. The Morgan fingerprint density at radius 3 is 2.50 bits per heavy atom. The van der Waals surface area contributed by atoms with Crippen LogP contribution < -0.4 is 0 Å². The van der Waals surface area contributed by atoms with E-state index >= 15 is 0 Å². The average Bonchev–Trinajstić information content (AvgIpc) is 2.21. The molecule has 0 aromatic carbocycles. The summed E-state index contributed by atoms with van der Waals surface area (Å²) in [6.07, 6.45) is 6.17. The molecule has 0 radical (unpaired) electrons. The molecular formula is C5H9P. The molecule has 1 rings (SSSR count). The van der Waals surface area contributed by atoms with E-state index in [0.29, 0.717) is 0 Å². The van der Waals surface area contributed by atoms with E-state index in [1.54, 1.807) is 5.57 Å². The van der Waals surface area contributed by atoms with Crippen molar-refractivity contribution in [3.05, 3.63) is 11.6 Å². The predicted molar refractivity (Wildman–Crippen MR) is 31.9 cm³/mol. The quantitative estimate of drug-likeness (QED) is 0.346. The van der Waals surface area contributed by atoms with Gasteiger partial charge in [0, 0.05) is 0 Å². The van der Waals surface area contributed by atoms with E-state index in [2.05, 4.69) is 15.3 Å². The molecule has 0 saturated heterocycles. The summed E-state index contributed by atoms with van der Waals surface area (Å²) in [5, 5.41) is 0. The lowest BCUT2D eigenvalue weighted by molar-refractivity contribution is 1.50. The highest BCUT2D eigenvalue weighted by Gasteiger charge is 2.07. The molecule has 34 valence electrons. The van der Waals surface area contributed by atoms with Gasteiger partial charge in [-0.1, -0.05) is 11.6 Å². The van der Waals surface area contributed by atoms with Gasteiger partial charge in [-0.15, -0.1) is 9.24 Å². The van der Waals surface area contributed by atoms with E-state index in [1.165, 1.54) is 12.8 Å². The third-order valence-corrected chi connectivity index (χ3v) is 1.18. The summed E-state index contributed by atoms with van der Waals surface area (Å²) in [5.41, 5.74) is 1.64. The zero-order chi connectivity index (χ0) is 4.41. The molecule has 0 bridgehead atoms. The van der Waals surface area contributed by atoms with Crippen LogP contribution in [0.2, 0.25) is 0 Å². The molecular weight excluding hydrogens is 91.0 g/mol. The van der Waals surface area contributed by atoms with Crippen LogP contribution in [0.25, 0.3) is 0 Å². The van der Waals surface area contributed by atoms with Gasteiger partial charge in [0.05, 0.1) is 0 Å². The maximum Gasteiger partial charge on any atom is -0.0197 e. The number of rotatable bonds is 1. The van der Waals surface area contributed by atoms with Gasteiger partial charge >= 0.3 is 0 Å². The molecule has 0 nitrogen and oxygen atoms in total. The lowest BCUT2D eigenvalue weighted by atomic mass is 10.5. The van der Waals surface area contributed by atoms with Gasteiger partial charge in [0.25, 0.3) is 0 Å². The Kier molecular flexibility index (Phi) is 1.26. The minimum Gasteiger partial charge on any atom is -0.134 e. The monoisotopic (exact) mass is 100 g/mol. The molecule has 0 aliphatic heterocycles. The number of allylic oxidation sites excluding steroid dienone is 2. The molecule has 0 N–H and O–H groups in total. The lowest BCUT2D eigenvalue weighted by Crippen LogP contribution is -1.51. The predicted octanol–water partition coefficient (Wildman–Crippen LogP) is 1.58. The van der Waals surface area contributed by atoms with Gasteiger partial charge in [0.15, 0.2) is 0 Å². The molecule has 0 aromatic heterocycles. The van der Waals surface area contributed by atoms with Crippen LogP contribution in [0.3, 0.4) is 0 Å². The first-order valence-electron chi connectivity index (χ1n) is 2.31. The highest BCUT2D eigenvalue weighted by atomic mass is 31.0. The van der Waals surface area contributed by atoms with Gasteiger partial charge < -0.3 is 0 Å². The summed E-state index contributed by atoms with van der Waals surface area (Å²) in [6, 6.07) is 0. The number of hydrogen-bond acceptors (Lipinski definition) is 0. The second kappa shape index (κ2) is 1.75. The zero-order valence-corrected chi connectivity index (χ0v) is 4.93. The van der Waals surface area contributed by atoms with Crippen molar-refractivity contribution >= 4 is 9.24 Å². The van der Waals surface area contributed by atoms with Crippen LogP contribution in [0, 0.1) is 0 Å². The molecule has 1 aliphatic rings. The van der Waals surface area contributed by atoms with Crippen LogP contribution in [0.1, 0.15) is 12.8 Å². The molecule has 1 atom stereocenters. The average molecular weight is 100 g/mol. The fourth-order valence-electron chi connectivity index (χ4n) is 0.443. The van der Waals surface area contributed by atoms with E-state index in [0.717, 1.165) is 6.16 Å². The third kappa shape index (κ3) is 1.10. The Balaban J connectivity index is 2.24. The molecule has 1 aliphatic carbocycles. The van der Waals surface area contributed by atoms with Crippen molar-refractivity contribution in [3.63, 3.8) is 0 Å². The van der Waals surface area contributed by atoms with E-state index in [4.69, 9.17) is 0 Å². The Morgan fingerprint density at radius 2 is 2.33 bits per heavy atom. The van der Waals surface area contributed by atoms with Crippen molar-refractivity contribution in [3.8, 4) is 0 Å². The second-order valence-corrected chi connectivity index (χ2v) is 2.07. The smallest absolute Gasteiger partial charge is 0.0197 e. The van der Waals surface area contributed by atoms with Crippen molar-refractivity contribution in [2.75, 3.05) is 6.16 Å². The fourth-order valence-corrected chi connectivity index (χ4v) is 0.776. The Morgan fingerprint density at radius 1 is 1.67 bits per heavy atom. The van der Waals surface area contributed by atoms with Crippen LogP contribution >= 0.6 is 9.24 Å². The SMILES string of the molecule is PCC=C1CC1. The number of hydrogen-bond donors (Lipinski definition) is 0. The van der Waals surface area contributed by atoms with Crippen molar-refractivity contribution in [2.45, 2.75) is 12.8 Å². The molecule has 1 heteroatoms. The zero-order valence-electron chi connectivity index (χ0n) is 3.78. The molecule has 0 heterocycles. The van der Waals surface area contributed by atoms with Crippen LogP contribution in [-0.4, -0.2) is 6.16 Å². The standard InChI is InChI=1S/C5H9P/c6-4-3-5-1-2-5/h3H,1-2,4,6H2. The van der Waals surface area contributed by atoms with Gasteiger partial charge in [-0.05, 0) is 19.0 Å². The summed E-state index contributed by atoms with van der Waals surface area (Å²) in [6.45, 7) is 0. The van der Waals surface area contributed by atoms with Crippen molar-refractivity contribution < 1.29 is 0 Å². The molecule has 6 heavy (non-hydrogen) atoms. The topological polar surface area (TPSA) is 0 Å². The maximum atomic E-state index is 2.69. The minimum absolute atomic E-state index is 1.15. The fraction of sp³-hybridized carbons (Fsp3) is 0.600. The van der Waals surface area contributed by atoms with Crippen LogP contribution in [0.5, 0.6) is 0 Å². The van der Waals surface area contributed by atoms with E-state index in [-0.39, 0.29) is 0 Å².